The van der Waals surface area contributed by atoms with Crippen molar-refractivity contribution in [3.05, 3.63) is 29.6 Å². The number of fused-ring (bicyclic) bond motifs is 1. The minimum absolute atomic E-state index is 0.114. The average Bonchev–Trinajstić information content (AvgIpc) is 3.50. The highest BCUT2D eigenvalue weighted by Crippen LogP contribution is 2.60. The molecular weight excluding hydrogens is 364 g/mol. The van der Waals surface area contributed by atoms with Crippen molar-refractivity contribution in [3.63, 3.8) is 0 Å². The molecule has 1 unspecified atom stereocenters. The van der Waals surface area contributed by atoms with E-state index in [4.69, 9.17) is 15.6 Å². The topological polar surface area (TPSA) is 69.2 Å². The van der Waals surface area contributed by atoms with Gasteiger partial charge in [0, 0.05) is 36.5 Å². The van der Waals surface area contributed by atoms with Gasteiger partial charge in [-0.25, -0.2) is 13.8 Å². The van der Waals surface area contributed by atoms with Crippen LogP contribution in [0.2, 0.25) is 0 Å². The van der Waals surface area contributed by atoms with Crippen LogP contribution < -0.4 is 5.73 Å². The predicted octanol–water partition coefficient (Wildman–Crippen LogP) is 2.84. The van der Waals surface area contributed by atoms with Crippen LogP contribution in [0.25, 0.3) is 11.3 Å². The highest BCUT2D eigenvalue weighted by atomic mass is 19.3. The fraction of sp³-hybridized carbons (Fsp3) is 0.600. The van der Waals surface area contributed by atoms with Crippen LogP contribution in [0.1, 0.15) is 42.5 Å². The molecule has 2 saturated carbocycles. The van der Waals surface area contributed by atoms with Crippen LogP contribution in [-0.2, 0) is 4.74 Å². The number of nitrogen functional groups attached to an aromatic ring is 1. The van der Waals surface area contributed by atoms with Crippen molar-refractivity contribution in [1.29, 1.82) is 0 Å². The summed E-state index contributed by atoms with van der Waals surface area (Å²) < 4.78 is 33.9. The van der Waals surface area contributed by atoms with Crippen molar-refractivity contribution < 1.29 is 13.5 Å². The van der Waals surface area contributed by atoms with Crippen molar-refractivity contribution in [2.24, 2.45) is 11.8 Å². The molecule has 8 heteroatoms. The molecule has 0 radical (unpaired) electrons. The fourth-order valence-corrected chi connectivity index (χ4v) is 4.95. The number of alkyl halides is 2. The summed E-state index contributed by atoms with van der Waals surface area (Å²) in [7, 11) is 0. The third-order valence-corrected chi connectivity index (χ3v) is 6.84. The molecule has 4 heterocycles. The van der Waals surface area contributed by atoms with Gasteiger partial charge in [0.05, 0.1) is 36.6 Å². The number of nitrogens with two attached hydrogens (primary N) is 1. The molecule has 4 fully saturated rings. The van der Waals surface area contributed by atoms with Gasteiger partial charge in [-0.1, -0.05) is 0 Å². The minimum atomic E-state index is -2.64. The Morgan fingerprint density at radius 2 is 1.86 bits per heavy atom. The number of piperidine rings is 1. The van der Waals surface area contributed by atoms with Gasteiger partial charge in [0.2, 0.25) is 0 Å². The highest BCUT2D eigenvalue weighted by molar-refractivity contribution is 5.63. The van der Waals surface area contributed by atoms with Crippen LogP contribution >= 0.6 is 0 Å². The Labute approximate surface area is 161 Å². The lowest BCUT2D eigenvalue weighted by Gasteiger charge is -2.35. The Bertz CT molecular complexity index is 911. The fourth-order valence-electron chi connectivity index (χ4n) is 4.95. The standard InChI is InChI=1S/C20H23F2N5O/c21-19(22)13-3-10(5-24-20(13)23)16-4-17(27(25-16)11-1-2-11)18-14-6-26(7-15(14)18)12-8-28-9-12/h3-5,11-12,14-15,18-19H,1-2,6-9H2,(H2,23,24)/t14-,15+,18?. The van der Waals surface area contributed by atoms with Gasteiger partial charge in [0.25, 0.3) is 6.43 Å². The number of hydrogen-bond acceptors (Lipinski definition) is 5. The molecule has 6 rings (SSSR count). The van der Waals surface area contributed by atoms with Gasteiger partial charge in [-0.15, -0.1) is 0 Å². The second-order valence-electron chi connectivity index (χ2n) is 8.63. The molecular formula is C20H23F2N5O. The molecule has 148 valence electrons. The Balaban J connectivity index is 1.29. The molecule has 2 aromatic heterocycles. The lowest BCUT2D eigenvalue weighted by molar-refractivity contribution is -0.0610. The Morgan fingerprint density at radius 3 is 2.46 bits per heavy atom. The van der Waals surface area contributed by atoms with Gasteiger partial charge in [0.15, 0.2) is 0 Å². The first-order chi connectivity index (χ1) is 13.6. The quantitative estimate of drug-likeness (QED) is 0.854. The summed E-state index contributed by atoms with van der Waals surface area (Å²) in [6.07, 6.45) is 1.20. The van der Waals surface area contributed by atoms with E-state index in [1.807, 2.05) is 0 Å². The molecule has 6 nitrogen and oxygen atoms in total. The second kappa shape index (κ2) is 5.97. The summed E-state index contributed by atoms with van der Waals surface area (Å²) in [4.78, 5) is 6.53. The van der Waals surface area contributed by atoms with Gasteiger partial charge in [-0.3, -0.25) is 9.58 Å². The summed E-state index contributed by atoms with van der Waals surface area (Å²) in [6.45, 7) is 4.00. The van der Waals surface area contributed by atoms with Crippen LogP contribution in [0.4, 0.5) is 14.6 Å². The van der Waals surface area contributed by atoms with E-state index in [1.165, 1.54) is 11.8 Å². The number of halogens is 2. The number of ether oxygens (including phenoxy) is 1. The molecule has 0 spiro atoms. The van der Waals surface area contributed by atoms with Gasteiger partial charge in [0.1, 0.15) is 5.82 Å². The number of hydrogen-bond donors (Lipinski definition) is 1. The largest absolute Gasteiger partial charge is 0.383 e. The minimum Gasteiger partial charge on any atom is -0.383 e. The first-order valence-corrected chi connectivity index (χ1v) is 10.1. The van der Waals surface area contributed by atoms with Crippen molar-refractivity contribution in [2.45, 2.75) is 37.3 Å². The summed E-state index contributed by atoms with van der Waals surface area (Å²) >= 11 is 0. The van der Waals surface area contributed by atoms with E-state index >= 15 is 0 Å². The number of nitrogens with zero attached hydrogens (tertiary/aromatic N) is 4. The molecule has 2 aliphatic heterocycles. The average molecular weight is 387 g/mol. The van der Waals surface area contributed by atoms with Crippen LogP contribution in [0, 0.1) is 11.8 Å². The number of rotatable bonds is 5. The Kier molecular flexibility index (Phi) is 3.59. The number of anilines is 1. The number of aromatic nitrogens is 3. The summed E-state index contributed by atoms with van der Waals surface area (Å²) in [6, 6.07) is 4.59. The van der Waals surface area contributed by atoms with E-state index < -0.39 is 6.43 Å². The normalized spacial score (nSPS) is 29.9. The van der Waals surface area contributed by atoms with Gasteiger partial charge in [-0.2, -0.15) is 5.10 Å². The third-order valence-electron chi connectivity index (χ3n) is 6.84. The maximum absolute atomic E-state index is 13.2. The molecule has 4 aliphatic rings. The summed E-state index contributed by atoms with van der Waals surface area (Å²) in [5.74, 6) is 1.79. The van der Waals surface area contributed by atoms with E-state index in [0.717, 1.165) is 44.8 Å². The Hall–Kier alpha value is -2.06. The van der Waals surface area contributed by atoms with E-state index in [0.29, 0.717) is 35.4 Å². The molecule has 2 N–H and O–H groups in total. The molecule has 2 aliphatic carbocycles. The molecule has 2 saturated heterocycles. The van der Waals surface area contributed by atoms with Crippen molar-refractivity contribution in [1.82, 2.24) is 19.7 Å². The van der Waals surface area contributed by atoms with E-state index in [1.54, 1.807) is 6.20 Å². The molecule has 0 aromatic carbocycles. The predicted molar refractivity (Wildman–Crippen MR) is 99.0 cm³/mol. The molecule has 2 aromatic rings. The molecule has 3 atom stereocenters. The van der Waals surface area contributed by atoms with Gasteiger partial charge >= 0.3 is 0 Å². The lowest BCUT2D eigenvalue weighted by atomic mass is 10.1. The smallest absolute Gasteiger partial charge is 0.267 e. The van der Waals surface area contributed by atoms with E-state index in [2.05, 4.69) is 20.6 Å². The van der Waals surface area contributed by atoms with Crippen molar-refractivity contribution >= 4 is 5.82 Å². The first-order valence-electron chi connectivity index (χ1n) is 10.1. The zero-order valence-electron chi connectivity index (χ0n) is 15.5. The number of pyridine rings is 1. The zero-order valence-corrected chi connectivity index (χ0v) is 15.5. The molecule has 28 heavy (non-hydrogen) atoms. The molecule has 0 bridgehead atoms. The summed E-state index contributed by atoms with van der Waals surface area (Å²) in [5.41, 5.74) is 8.00. The third kappa shape index (κ3) is 2.58. The lowest BCUT2D eigenvalue weighted by Crippen LogP contribution is -2.48. The first kappa shape index (κ1) is 16.9. The van der Waals surface area contributed by atoms with E-state index in [9.17, 15) is 8.78 Å². The second-order valence-corrected chi connectivity index (χ2v) is 8.63. The van der Waals surface area contributed by atoms with Crippen molar-refractivity contribution in [3.8, 4) is 11.3 Å². The van der Waals surface area contributed by atoms with Gasteiger partial charge in [-0.05, 0) is 36.8 Å². The van der Waals surface area contributed by atoms with Crippen LogP contribution in [-0.4, -0.2) is 52.0 Å². The Morgan fingerprint density at radius 1 is 1.11 bits per heavy atom. The summed E-state index contributed by atoms with van der Waals surface area (Å²) in [5, 5.41) is 4.80. The molecule has 0 amide bonds. The maximum Gasteiger partial charge on any atom is 0.267 e. The van der Waals surface area contributed by atoms with Crippen LogP contribution in [0.5, 0.6) is 0 Å². The maximum atomic E-state index is 13.2. The van der Waals surface area contributed by atoms with Gasteiger partial charge < -0.3 is 10.5 Å². The number of likely N-dealkylation sites (tertiary alicyclic amines) is 1. The van der Waals surface area contributed by atoms with Crippen LogP contribution in [0.15, 0.2) is 18.3 Å². The van der Waals surface area contributed by atoms with Crippen molar-refractivity contribution in [2.75, 3.05) is 32.0 Å². The monoisotopic (exact) mass is 387 g/mol. The SMILES string of the molecule is Nc1ncc(-c2cc(C3[C@H]4CN(C5COC5)C[C@@H]34)n(C3CC3)n2)cc1C(F)F. The van der Waals surface area contributed by atoms with Crippen LogP contribution in [0.3, 0.4) is 0 Å². The zero-order chi connectivity index (χ0) is 19.0. The highest BCUT2D eigenvalue weighted by Gasteiger charge is 2.59. The van der Waals surface area contributed by atoms with E-state index in [-0.39, 0.29) is 11.4 Å².